The number of benzene rings is 2. The first-order valence-electron chi connectivity index (χ1n) is 11.8. The number of Topliss-reactive ketones (excluding diaryl/α,β-unsaturated/α-hetero) is 1. The second kappa shape index (κ2) is 9.50. The highest BCUT2D eigenvalue weighted by Crippen LogP contribution is 2.39. The predicted octanol–water partition coefficient (Wildman–Crippen LogP) is 6.04. The molecule has 0 aromatic heterocycles. The molecule has 1 aliphatic rings. The average Bonchev–Trinajstić information content (AvgIpc) is 2.70. The molecule has 4 nitrogen and oxygen atoms in total. The number of hydrogen-bond acceptors (Lipinski definition) is 4. The van der Waals surface area contributed by atoms with Gasteiger partial charge >= 0.3 is 0 Å². The van der Waals surface area contributed by atoms with Gasteiger partial charge in [0.15, 0.2) is 5.78 Å². The molecule has 0 saturated carbocycles. The zero-order valence-corrected chi connectivity index (χ0v) is 22.0. The van der Waals surface area contributed by atoms with E-state index >= 15 is 0 Å². The number of rotatable bonds is 6. The minimum atomic E-state index is -1.93. The summed E-state index contributed by atoms with van der Waals surface area (Å²) in [5, 5.41) is 3.74. The maximum absolute atomic E-state index is 11.8. The van der Waals surface area contributed by atoms with E-state index in [-0.39, 0.29) is 16.9 Å². The molecular weight excluding hydrogens is 412 g/mol. The van der Waals surface area contributed by atoms with E-state index in [2.05, 4.69) is 94.3 Å². The Labute approximate surface area is 195 Å². The maximum Gasteiger partial charge on any atom is 0.250 e. The second-order valence-corrected chi connectivity index (χ2v) is 15.6. The van der Waals surface area contributed by atoms with Crippen molar-refractivity contribution in [2.75, 3.05) is 13.1 Å². The molecule has 2 aromatic carbocycles. The molecule has 1 heterocycles. The van der Waals surface area contributed by atoms with Crippen LogP contribution in [-0.4, -0.2) is 44.2 Å². The van der Waals surface area contributed by atoms with Crippen LogP contribution < -0.4 is 9.74 Å². The van der Waals surface area contributed by atoms with Crippen molar-refractivity contribution in [2.24, 2.45) is 0 Å². The third kappa shape index (κ3) is 5.51. The normalized spacial score (nSPS) is 21.2. The van der Waals surface area contributed by atoms with Gasteiger partial charge in [0.1, 0.15) is 5.75 Å². The lowest BCUT2D eigenvalue weighted by Gasteiger charge is -2.43. The van der Waals surface area contributed by atoms with E-state index in [1.54, 1.807) is 6.92 Å². The number of nitrogens with one attached hydrogen (secondary N) is 1. The quantitative estimate of drug-likeness (QED) is 0.428. The average molecular weight is 453 g/mol. The van der Waals surface area contributed by atoms with Crippen molar-refractivity contribution in [3.63, 3.8) is 0 Å². The van der Waals surface area contributed by atoms with E-state index in [4.69, 9.17) is 4.43 Å². The molecule has 0 spiro atoms. The van der Waals surface area contributed by atoms with Crippen molar-refractivity contribution >= 4 is 14.1 Å². The molecular formula is C27H40N2O2Si. The fraction of sp³-hybridized carbons (Fsp3) is 0.519. The summed E-state index contributed by atoms with van der Waals surface area (Å²) in [4.78, 5) is 14.4. The first kappa shape index (κ1) is 24.7. The molecule has 0 amide bonds. The highest BCUT2D eigenvalue weighted by molar-refractivity contribution is 6.74. The zero-order chi connectivity index (χ0) is 23.7. The van der Waals surface area contributed by atoms with Gasteiger partial charge in [0, 0.05) is 30.7 Å². The molecule has 0 aliphatic carbocycles. The summed E-state index contributed by atoms with van der Waals surface area (Å²) in [6.07, 6.45) is 0. The topological polar surface area (TPSA) is 41.6 Å². The third-order valence-corrected chi connectivity index (χ3v) is 11.5. The summed E-state index contributed by atoms with van der Waals surface area (Å²) < 4.78 is 6.64. The molecule has 3 rings (SSSR count). The predicted molar refractivity (Wildman–Crippen MR) is 136 cm³/mol. The fourth-order valence-electron chi connectivity index (χ4n) is 4.08. The van der Waals surface area contributed by atoms with Crippen molar-refractivity contribution in [1.29, 1.82) is 0 Å². The molecule has 0 radical (unpaired) electrons. The van der Waals surface area contributed by atoms with Crippen LogP contribution in [0, 0.1) is 0 Å². The van der Waals surface area contributed by atoms with Gasteiger partial charge in [0.2, 0.25) is 8.32 Å². The molecule has 1 aliphatic heterocycles. The summed E-state index contributed by atoms with van der Waals surface area (Å²) in [6.45, 7) is 19.5. The first-order chi connectivity index (χ1) is 14.9. The second-order valence-electron chi connectivity index (χ2n) is 10.9. The van der Waals surface area contributed by atoms with Crippen molar-refractivity contribution in [1.82, 2.24) is 10.2 Å². The number of nitrogens with zero attached hydrogens (tertiary/aromatic N) is 1. The minimum Gasteiger partial charge on any atom is -0.543 e. The van der Waals surface area contributed by atoms with Crippen LogP contribution in [0.15, 0.2) is 48.5 Å². The molecule has 1 saturated heterocycles. The van der Waals surface area contributed by atoms with Crippen LogP contribution in [0.3, 0.4) is 0 Å². The third-order valence-electron chi connectivity index (χ3n) is 7.13. The van der Waals surface area contributed by atoms with Crippen molar-refractivity contribution in [3.05, 3.63) is 65.2 Å². The van der Waals surface area contributed by atoms with E-state index in [0.29, 0.717) is 12.1 Å². The Bertz CT molecular complexity index is 933. The standard InChI is InChI=1S/C27H40N2O2Si/c1-19-18-29(20(2)17-28-19)26(23-14-12-22(13-15-23)21(3)30)24-10-9-11-25(16-24)31-32(7,8)27(4,5)6/h9-16,19-20,26,28H,17-18H2,1-8H3/t19-,20+,26-/m1/s1. The fourth-order valence-corrected chi connectivity index (χ4v) is 5.10. The Kier molecular flexibility index (Phi) is 7.33. The first-order valence-corrected chi connectivity index (χ1v) is 14.7. The summed E-state index contributed by atoms with van der Waals surface area (Å²) in [5.74, 6) is 1.05. The molecule has 3 atom stereocenters. The Morgan fingerprint density at radius 3 is 2.34 bits per heavy atom. The molecule has 174 valence electrons. The van der Waals surface area contributed by atoms with Gasteiger partial charge in [0.25, 0.3) is 0 Å². The van der Waals surface area contributed by atoms with Crippen molar-refractivity contribution < 1.29 is 9.22 Å². The molecule has 0 bridgehead atoms. The maximum atomic E-state index is 11.8. The number of carbonyl (C=O) groups excluding carboxylic acids is 1. The SMILES string of the molecule is CC(=O)c1ccc([C@H](c2cccc(O[Si](C)(C)C(C)(C)C)c2)N2C[C@@H](C)NC[C@@H]2C)cc1. The van der Waals surface area contributed by atoms with Gasteiger partial charge in [-0.25, -0.2) is 0 Å². The van der Waals surface area contributed by atoms with Crippen molar-refractivity contribution in [3.8, 4) is 5.75 Å². The molecule has 1 fully saturated rings. The van der Waals surface area contributed by atoms with Crippen LogP contribution in [0.25, 0.3) is 0 Å². The van der Waals surface area contributed by atoms with Crippen LogP contribution in [0.1, 0.15) is 69.1 Å². The number of hydrogen-bond donors (Lipinski definition) is 1. The van der Waals surface area contributed by atoms with Crippen LogP contribution >= 0.6 is 0 Å². The van der Waals surface area contributed by atoms with Crippen LogP contribution in [0.2, 0.25) is 18.1 Å². The molecule has 5 heteroatoms. The molecule has 1 N–H and O–H groups in total. The van der Waals surface area contributed by atoms with Crippen LogP contribution in [-0.2, 0) is 0 Å². The molecule has 0 unspecified atom stereocenters. The lowest BCUT2D eigenvalue weighted by atomic mass is 9.93. The van der Waals surface area contributed by atoms with E-state index < -0.39 is 8.32 Å². The summed E-state index contributed by atoms with van der Waals surface area (Å²) in [5.41, 5.74) is 3.20. The lowest BCUT2D eigenvalue weighted by molar-refractivity contribution is 0.101. The highest BCUT2D eigenvalue weighted by atomic mass is 28.4. The van der Waals surface area contributed by atoms with Crippen molar-refractivity contribution in [2.45, 2.75) is 77.8 Å². The van der Waals surface area contributed by atoms with Gasteiger partial charge in [-0.2, -0.15) is 0 Å². The van der Waals surface area contributed by atoms with E-state index in [0.717, 1.165) is 24.4 Å². The smallest absolute Gasteiger partial charge is 0.250 e. The molecule has 32 heavy (non-hydrogen) atoms. The summed E-state index contributed by atoms with van der Waals surface area (Å²) in [7, 11) is -1.93. The number of ketones is 1. The van der Waals surface area contributed by atoms with Gasteiger partial charge in [-0.05, 0) is 62.2 Å². The number of piperazine rings is 1. The Morgan fingerprint density at radius 2 is 1.75 bits per heavy atom. The Balaban J connectivity index is 2.03. The van der Waals surface area contributed by atoms with E-state index in [1.165, 1.54) is 11.1 Å². The zero-order valence-electron chi connectivity index (χ0n) is 21.0. The van der Waals surface area contributed by atoms with Gasteiger partial charge in [-0.1, -0.05) is 57.2 Å². The lowest BCUT2D eigenvalue weighted by Crippen LogP contribution is -2.55. The minimum absolute atomic E-state index is 0.0991. The largest absolute Gasteiger partial charge is 0.543 e. The summed E-state index contributed by atoms with van der Waals surface area (Å²) in [6, 6.07) is 17.7. The van der Waals surface area contributed by atoms with Crippen LogP contribution in [0.5, 0.6) is 5.75 Å². The molecule has 2 aromatic rings. The van der Waals surface area contributed by atoms with Gasteiger partial charge in [0.05, 0.1) is 6.04 Å². The Hall–Kier alpha value is -1.95. The number of carbonyl (C=O) groups is 1. The van der Waals surface area contributed by atoms with E-state index in [9.17, 15) is 4.79 Å². The van der Waals surface area contributed by atoms with Gasteiger partial charge in [-0.3, -0.25) is 9.69 Å². The highest BCUT2D eigenvalue weighted by Gasteiger charge is 2.39. The monoisotopic (exact) mass is 452 g/mol. The summed E-state index contributed by atoms with van der Waals surface area (Å²) >= 11 is 0. The van der Waals surface area contributed by atoms with Gasteiger partial charge < -0.3 is 9.74 Å². The van der Waals surface area contributed by atoms with E-state index in [1.807, 2.05) is 12.1 Å². The Morgan fingerprint density at radius 1 is 1.09 bits per heavy atom. The van der Waals surface area contributed by atoms with Gasteiger partial charge in [-0.15, -0.1) is 0 Å². The van der Waals surface area contributed by atoms with Crippen LogP contribution in [0.4, 0.5) is 0 Å².